The second-order valence-corrected chi connectivity index (χ2v) is 7.30. The summed E-state index contributed by atoms with van der Waals surface area (Å²) in [5.74, 6) is -1.96. The highest BCUT2D eigenvalue weighted by Crippen LogP contribution is 2.79. The van der Waals surface area contributed by atoms with Crippen molar-refractivity contribution in [3.05, 3.63) is 76.3 Å². The van der Waals surface area contributed by atoms with Crippen LogP contribution in [0.3, 0.4) is 0 Å². The van der Waals surface area contributed by atoms with Gasteiger partial charge in [-0.05, 0) is 28.8 Å². The van der Waals surface area contributed by atoms with Gasteiger partial charge in [0.2, 0.25) is 0 Å². The second-order valence-electron chi connectivity index (χ2n) is 6.86. The third-order valence-electron chi connectivity index (χ3n) is 5.83. The molecule has 5 nitrogen and oxygen atoms in total. The monoisotopic (exact) mass is 393 g/mol. The molecular formula is C22H16ClNO4. The Kier molecular flexibility index (Phi) is 4.06. The van der Waals surface area contributed by atoms with Crippen molar-refractivity contribution < 1.29 is 19.1 Å². The molecule has 0 heterocycles. The summed E-state index contributed by atoms with van der Waals surface area (Å²) in [5.41, 5.74) is -0.0579. The van der Waals surface area contributed by atoms with Gasteiger partial charge in [-0.15, -0.1) is 0 Å². The van der Waals surface area contributed by atoms with E-state index in [1.165, 1.54) is 14.2 Å². The van der Waals surface area contributed by atoms with Gasteiger partial charge in [-0.3, -0.25) is 9.59 Å². The molecule has 6 heteroatoms. The van der Waals surface area contributed by atoms with Crippen LogP contribution in [0.5, 0.6) is 0 Å². The number of carbonyl (C=O) groups is 2. The van der Waals surface area contributed by atoms with E-state index in [1.807, 2.05) is 24.3 Å². The molecule has 28 heavy (non-hydrogen) atoms. The largest absolute Gasteiger partial charge is 0.468 e. The number of nitrogens with zero attached hydrogens (tertiary/aromatic N) is 1. The lowest BCUT2D eigenvalue weighted by Crippen LogP contribution is -2.35. The average molecular weight is 394 g/mol. The molecular weight excluding hydrogens is 378 g/mol. The van der Waals surface area contributed by atoms with Gasteiger partial charge in [0, 0.05) is 10.9 Å². The van der Waals surface area contributed by atoms with Crippen molar-refractivity contribution in [1.29, 1.82) is 5.26 Å². The van der Waals surface area contributed by atoms with Crippen molar-refractivity contribution in [3.8, 4) is 6.07 Å². The molecule has 2 aliphatic rings. The molecule has 1 fully saturated rings. The van der Waals surface area contributed by atoms with Crippen LogP contribution in [0.1, 0.15) is 22.6 Å². The Balaban J connectivity index is 2.05. The quantitative estimate of drug-likeness (QED) is 0.588. The molecule has 140 valence electrons. The van der Waals surface area contributed by atoms with Crippen LogP contribution in [0.4, 0.5) is 0 Å². The maximum absolute atomic E-state index is 13.1. The maximum atomic E-state index is 13.1. The minimum absolute atomic E-state index is 0.421. The second kappa shape index (κ2) is 6.22. The Hall–Kier alpha value is -3.10. The predicted molar refractivity (Wildman–Crippen MR) is 102 cm³/mol. The van der Waals surface area contributed by atoms with Crippen LogP contribution < -0.4 is 0 Å². The highest BCUT2D eigenvalue weighted by molar-refractivity contribution is 6.30. The summed E-state index contributed by atoms with van der Waals surface area (Å²) < 4.78 is 10.1. The van der Waals surface area contributed by atoms with E-state index in [9.17, 15) is 14.9 Å². The topological polar surface area (TPSA) is 76.4 Å². The Morgan fingerprint density at radius 3 is 2.21 bits per heavy atom. The predicted octanol–water partition coefficient (Wildman–Crippen LogP) is 3.63. The molecule has 0 amide bonds. The van der Waals surface area contributed by atoms with Crippen molar-refractivity contribution in [2.75, 3.05) is 14.2 Å². The Labute approximate surface area is 167 Å². The van der Waals surface area contributed by atoms with Crippen LogP contribution >= 0.6 is 11.6 Å². The number of halogens is 1. The van der Waals surface area contributed by atoms with Gasteiger partial charge >= 0.3 is 11.9 Å². The summed E-state index contributed by atoms with van der Waals surface area (Å²) in [7, 11) is 2.49. The summed E-state index contributed by atoms with van der Waals surface area (Å²) >= 11 is 6.03. The van der Waals surface area contributed by atoms with E-state index >= 15 is 0 Å². The number of carbonyl (C=O) groups excluding carboxylic acids is 2. The molecule has 0 aromatic heterocycles. The molecule has 4 rings (SSSR count). The number of benzene rings is 2. The van der Waals surface area contributed by atoms with Crippen LogP contribution in [-0.2, 0) is 24.5 Å². The fraction of sp³-hybridized carbons (Fsp3) is 0.227. The van der Waals surface area contributed by atoms with Gasteiger partial charge in [0.1, 0.15) is 0 Å². The zero-order valence-electron chi connectivity index (χ0n) is 15.2. The number of hydrogen-bond acceptors (Lipinski definition) is 5. The van der Waals surface area contributed by atoms with Crippen LogP contribution in [0.2, 0.25) is 5.02 Å². The molecule has 0 aliphatic heterocycles. The highest BCUT2D eigenvalue weighted by Gasteiger charge is 2.87. The van der Waals surface area contributed by atoms with E-state index < -0.39 is 28.7 Å². The van der Waals surface area contributed by atoms with E-state index in [0.29, 0.717) is 16.2 Å². The summed E-state index contributed by atoms with van der Waals surface area (Å²) in [6.07, 6.45) is 1.71. The van der Waals surface area contributed by atoms with Gasteiger partial charge in [-0.2, -0.15) is 5.26 Å². The molecule has 2 aliphatic carbocycles. The molecule has 2 aromatic rings. The van der Waals surface area contributed by atoms with Crippen molar-refractivity contribution in [1.82, 2.24) is 0 Å². The molecule has 1 saturated carbocycles. The third kappa shape index (κ3) is 2.01. The van der Waals surface area contributed by atoms with E-state index in [4.69, 9.17) is 21.1 Å². The average Bonchev–Trinajstić information content (AvgIpc) is 3.21. The number of esters is 2. The van der Waals surface area contributed by atoms with Gasteiger partial charge in [0.15, 0.2) is 5.41 Å². The Morgan fingerprint density at radius 2 is 1.64 bits per heavy atom. The summed E-state index contributed by atoms with van der Waals surface area (Å²) in [6.45, 7) is 0. The number of hydrogen-bond donors (Lipinski definition) is 0. The normalized spacial score (nSPS) is 23.4. The first-order valence-electron chi connectivity index (χ1n) is 8.64. The smallest absolute Gasteiger partial charge is 0.325 e. The SMILES string of the molecule is COC(=O)C1(C(=O)OC)[C@@H](c2ccc(Cl)cc2)[C@]12C=C(C#N)c1ccccc12. The molecule has 0 bridgehead atoms. The number of fused-ring (bicyclic) bond motifs is 2. The number of ether oxygens (including phenoxy) is 2. The van der Waals surface area contributed by atoms with Crippen LogP contribution in [0.25, 0.3) is 5.57 Å². The lowest BCUT2D eigenvalue weighted by Gasteiger charge is -2.17. The van der Waals surface area contributed by atoms with E-state index in [-0.39, 0.29) is 0 Å². The maximum Gasteiger partial charge on any atom is 0.325 e. The van der Waals surface area contributed by atoms with Crippen molar-refractivity contribution in [2.24, 2.45) is 5.41 Å². The van der Waals surface area contributed by atoms with Crippen LogP contribution in [-0.4, -0.2) is 26.2 Å². The summed E-state index contributed by atoms with van der Waals surface area (Å²) in [5, 5.41) is 10.2. The summed E-state index contributed by atoms with van der Waals surface area (Å²) in [4.78, 5) is 26.1. The van der Waals surface area contributed by atoms with Gasteiger partial charge in [0.05, 0.1) is 31.3 Å². The Morgan fingerprint density at radius 1 is 1.04 bits per heavy atom. The minimum atomic E-state index is -1.61. The van der Waals surface area contributed by atoms with Crippen molar-refractivity contribution in [2.45, 2.75) is 11.3 Å². The van der Waals surface area contributed by atoms with Gasteiger partial charge in [0.25, 0.3) is 0 Å². The number of rotatable bonds is 3. The molecule has 2 aromatic carbocycles. The van der Waals surface area contributed by atoms with Crippen LogP contribution in [0.15, 0.2) is 54.6 Å². The number of allylic oxidation sites excluding steroid dienone is 2. The van der Waals surface area contributed by atoms with Gasteiger partial charge in [-0.1, -0.05) is 54.1 Å². The van der Waals surface area contributed by atoms with Gasteiger partial charge < -0.3 is 9.47 Å². The standard InChI is InChI=1S/C22H16ClNO4/c1-27-19(25)22(20(26)28-2)18(13-7-9-15(23)10-8-13)21(22)11-14(12-24)16-5-3-4-6-17(16)21/h3-11,18H,1-2H3/t18-,21+/m0/s1. The fourth-order valence-corrected chi connectivity index (χ4v) is 4.89. The first-order chi connectivity index (χ1) is 13.5. The van der Waals surface area contributed by atoms with E-state index in [2.05, 4.69) is 6.07 Å². The highest BCUT2D eigenvalue weighted by atomic mass is 35.5. The number of methoxy groups -OCH3 is 2. The van der Waals surface area contributed by atoms with Crippen LogP contribution in [0, 0.1) is 16.7 Å². The van der Waals surface area contributed by atoms with E-state index in [0.717, 1.165) is 11.1 Å². The summed E-state index contributed by atoms with van der Waals surface area (Å²) in [6, 6.07) is 16.5. The molecule has 0 N–H and O–H groups in total. The van der Waals surface area contributed by atoms with Crippen molar-refractivity contribution in [3.63, 3.8) is 0 Å². The molecule has 2 atom stereocenters. The first kappa shape index (κ1) is 18.3. The zero-order chi connectivity index (χ0) is 20.1. The van der Waals surface area contributed by atoms with E-state index in [1.54, 1.807) is 30.3 Å². The fourth-order valence-electron chi connectivity index (χ4n) is 4.76. The van der Waals surface area contributed by atoms with Crippen molar-refractivity contribution >= 4 is 29.1 Å². The lowest BCUT2D eigenvalue weighted by molar-refractivity contribution is -0.162. The first-order valence-corrected chi connectivity index (χ1v) is 9.02. The molecule has 0 saturated heterocycles. The minimum Gasteiger partial charge on any atom is -0.468 e. The molecule has 0 unspecified atom stereocenters. The molecule has 1 spiro atoms. The molecule has 0 radical (unpaired) electrons. The lowest BCUT2D eigenvalue weighted by atomic mass is 9.87. The number of nitriles is 1. The zero-order valence-corrected chi connectivity index (χ0v) is 16.0. The third-order valence-corrected chi connectivity index (χ3v) is 6.08. The Bertz CT molecular complexity index is 1050. The van der Waals surface area contributed by atoms with Gasteiger partial charge in [-0.25, -0.2) is 0 Å².